The first-order valence-electron chi connectivity index (χ1n) is 10.8. The Morgan fingerprint density at radius 1 is 0.939 bits per heavy atom. The zero-order chi connectivity index (χ0) is 22.4. The Morgan fingerprint density at radius 2 is 1.79 bits per heavy atom. The highest BCUT2D eigenvalue weighted by Gasteiger charge is 2.34. The van der Waals surface area contributed by atoms with Crippen LogP contribution in [-0.2, 0) is 6.54 Å². The maximum absolute atomic E-state index is 13.6. The minimum absolute atomic E-state index is 0.0738. The number of nitrogens with zero attached hydrogens (tertiary/aromatic N) is 1. The molecule has 0 aliphatic carbocycles. The number of hydrogen-bond acceptors (Lipinski definition) is 6. The Bertz CT molecular complexity index is 1250. The summed E-state index contributed by atoms with van der Waals surface area (Å²) in [5, 5.41) is 3.97. The number of benzene rings is 3. The van der Waals surface area contributed by atoms with Crippen molar-refractivity contribution in [2.24, 2.45) is 0 Å². The second-order valence-corrected chi connectivity index (χ2v) is 8.50. The van der Waals surface area contributed by atoms with Gasteiger partial charge in [0.05, 0.1) is 23.8 Å². The van der Waals surface area contributed by atoms with Gasteiger partial charge in [0.1, 0.15) is 6.17 Å². The number of para-hydroxylation sites is 1. The number of amides is 1. The molecule has 168 valence electrons. The zero-order valence-electron chi connectivity index (χ0n) is 17.7. The van der Waals surface area contributed by atoms with Crippen LogP contribution >= 0.6 is 11.6 Å². The molecule has 1 unspecified atom stereocenters. The fourth-order valence-electron chi connectivity index (χ4n) is 4.36. The fraction of sp³-hybridized carbons (Fsp3) is 0.240. The number of hydrogen-bond donors (Lipinski definition) is 1. The molecular weight excluding hydrogens is 444 g/mol. The molecule has 3 aromatic carbocycles. The van der Waals surface area contributed by atoms with Crippen molar-refractivity contribution in [3.8, 4) is 23.0 Å². The van der Waals surface area contributed by atoms with E-state index in [-0.39, 0.29) is 12.7 Å². The average Bonchev–Trinajstić information content (AvgIpc) is 3.16. The highest BCUT2D eigenvalue weighted by Crippen LogP contribution is 2.43. The van der Waals surface area contributed by atoms with E-state index < -0.39 is 6.17 Å². The second-order valence-electron chi connectivity index (χ2n) is 8.09. The summed E-state index contributed by atoms with van der Waals surface area (Å²) in [5.41, 5.74) is 3.14. The van der Waals surface area contributed by atoms with Gasteiger partial charge in [0.25, 0.3) is 5.91 Å². The Hall–Kier alpha value is -3.58. The van der Waals surface area contributed by atoms with Crippen LogP contribution in [0.5, 0.6) is 23.0 Å². The van der Waals surface area contributed by atoms with Crippen LogP contribution in [0.1, 0.15) is 34.1 Å². The molecule has 6 rings (SSSR count). The molecular formula is C25H21ClN2O5. The summed E-state index contributed by atoms with van der Waals surface area (Å²) >= 11 is 6.58. The molecule has 7 nitrogen and oxygen atoms in total. The number of carbonyl (C=O) groups excluding carboxylic acids is 1. The van der Waals surface area contributed by atoms with Crippen molar-refractivity contribution in [1.82, 2.24) is 4.90 Å². The summed E-state index contributed by atoms with van der Waals surface area (Å²) in [4.78, 5) is 15.4. The minimum Gasteiger partial charge on any atom is -0.489 e. The molecule has 3 heterocycles. The molecule has 1 N–H and O–H groups in total. The Labute approximate surface area is 195 Å². The van der Waals surface area contributed by atoms with Crippen molar-refractivity contribution in [2.45, 2.75) is 19.1 Å². The molecule has 3 aromatic rings. The summed E-state index contributed by atoms with van der Waals surface area (Å²) in [6.45, 7) is 1.67. The van der Waals surface area contributed by atoms with E-state index in [2.05, 4.69) is 5.32 Å². The lowest BCUT2D eigenvalue weighted by Crippen LogP contribution is -2.42. The van der Waals surface area contributed by atoms with Gasteiger partial charge in [-0.1, -0.05) is 29.8 Å². The normalized spacial score (nSPS) is 18.4. The number of fused-ring (bicyclic) bond motifs is 3. The molecule has 1 atom stereocenters. The third-order valence-corrected chi connectivity index (χ3v) is 6.23. The number of anilines is 1. The van der Waals surface area contributed by atoms with E-state index in [0.29, 0.717) is 53.3 Å². The summed E-state index contributed by atoms with van der Waals surface area (Å²) < 4.78 is 22.6. The molecule has 0 bridgehead atoms. The number of nitrogens with one attached hydrogen (secondary N) is 1. The van der Waals surface area contributed by atoms with Gasteiger partial charge < -0.3 is 29.2 Å². The maximum atomic E-state index is 13.6. The van der Waals surface area contributed by atoms with Gasteiger partial charge in [-0.25, -0.2) is 0 Å². The van der Waals surface area contributed by atoms with Crippen LogP contribution in [0.15, 0.2) is 54.6 Å². The predicted molar refractivity (Wildman–Crippen MR) is 122 cm³/mol. The van der Waals surface area contributed by atoms with Crippen LogP contribution < -0.4 is 24.3 Å². The van der Waals surface area contributed by atoms with E-state index in [9.17, 15) is 4.79 Å². The van der Waals surface area contributed by atoms with E-state index in [1.165, 1.54) is 0 Å². The predicted octanol–water partition coefficient (Wildman–Crippen LogP) is 5.00. The van der Waals surface area contributed by atoms with Crippen LogP contribution in [0.3, 0.4) is 0 Å². The molecule has 0 fully saturated rings. The highest BCUT2D eigenvalue weighted by atomic mass is 35.5. The monoisotopic (exact) mass is 464 g/mol. The third kappa shape index (κ3) is 3.58. The lowest BCUT2D eigenvalue weighted by Gasteiger charge is -2.38. The van der Waals surface area contributed by atoms with Gasteiger partial charge >= 0.3 is 0 Å². The molecule has 33 heavy (non-hydrogen) atoms. The van der Waals surface area contributed by atoms with E-state index in [1.807, 2.05) is 54.6 Å². The van der Waals surface area contributed by atoms with Gasteiger partial charge in [-0.15, -0.1) is 0 Å². The van der Waals surface area contributed by atoms with Crippen LogP contribution in [-0.4, -0.2) is 30.8 Å². The van der Waals surface area contributed by atoms with Crippen molar-refractivity contribution in [2.75, 3.05) is 25.3 Å². The van der Waals surface area contributed by atoms with Gasteiger partial charge in [-0.05, 0) is 42.0 Å². The number of rotatable bonds is 3. The summed E-state index contributed by atoms with van der Waals surface area (Å²) in [7, 11) is 0. The SMILES string of the molecule is O=C1c2ccccc2NC(c2cc(Cl)c3c(c2)OCCCO3)N1Cc1ccc2c(c1)OCO2. The first-order chi connectivity index (χ1) is 16.2. The Kier molecular flexibility index (Phi) is 4.91. The first kappa shape index (κ1) is 20.1. The van der Waals surface area contributed by atoms with Crippen LogP contribution in [0.2, 0.25) is 5.02 Å². The van der Waals surface area contributed by atoms with Crippen molar-refractivity contribution in [3.05, 3.63) is 76.3 Å². The number of ether oxygens (including phenoxy) is 4. The molecule has 1 amide bonds. The topological polar surface area (TPSA) is 69.3 Å². The van der Waals surface area contributed by atoms with Gasteiger partial charge in [0, 0.05) is 24.2 Å². The quantitative estimate of drug-likeness (QED) is 0.588. The highest BCUT2D eigenvalue weighted by molar-refractivity contribution is 6.32. The van der Waals surface area contributed by atoms with Gasteiger partial charge in [0.2, 0.25) is 6.79 Å². The zero-order valence-corrected chi connectivity index (χ0v) is 18.4. The molecule has 0 spiro atoms. The van der Waals surface area contributed by atoms with E-state index in [0.717, 1.165) is 23.2 Å². The van der Waals surface area contributed by atoms with Gasteiger partial charge in [-0.3, -0.25) is 4.79 Å². The summed E-state index contributed by atoms with van der Waals surface area (Å²) in [5.74, 6) is 2.45. The molecule has 0 saturated carbocycles. The molecule has 3 aliphatic heterocycles. The lowest BCUT2D eigenvalue weighted by atomic mass is 10.0. The Balaban J connectivity index is 1.41. The van der Waals surface area contributed by atoms with E-state index in [1.54, 1.807) is 4.90 Å². The Morgan fingerprint density at radius 3 is 2.73 bits per heavy atom. The maximum Gasteiger partial charge on any atom is 0.258 e. The van der Waals surface area contributed by atoms with E-state index in [4.69, 9.17) is 30.5 Å². The molecule has 3 aliphatic rings. The summed E-state index contributed by atoms with van der Waals surface area (Å²) in [6.07, 6.45) is 0.330. The average molecular weight is 465 g/mol. The van der Waals surface area contributed by atoms with Crippen molar-refractivity contribution in [1.29, 1.82) is 0 Å². The third-order valence-electron chi connectivity index (χ3n) is 5.95. The lowest BCUT2D eigenvalue weighted by molar-refractivity contribution is 0.0666. The molecule has 8 heteroatoms. The second kappa shape index (κ2) is 8.08. The first-order valence-corrected chi connectivity index (χ1v) is 11.2. The van der Waals surface area contributed by atoms with Gasteiger partial charge in [-0.2, -0.15) is 0 Å². The molecule has 0 radical (unpaired) electrons. The molecule has 0 aromatic heterocycles. The fourth-order valence-corrected chi connectivity index (χ4v) is 4.64. The van der Waals surface area contributed by atoms with Crippen LogP contribution in [0, 0.1) is 0 Å². The largest absolute Gasteiger partial charge is 0.489 e. The van der Waals surface area contributed by atoms with E-state index >= 15 is 0 Å². The van der Waals surface area contributed by atoms with Crippen molar-refractivity contribution >= 4 is 23.2 Å². The minimum atomic E-state index is -0.451. The number of halogens is 1. The summed E-state index contributed by atoms with van der Waals surface area (Å²) in [6, 6.07) is 17.0. The smallest absolute Gasteiger partial charge is 0.258 e. The standard InChI is InChI=1S/C25H21ClN2O5/c26-18-11-16(12-22-23(18)31-9-3-8-30-22)24-27-19-5-2-1-4-17(19)25(29)28(24)13-15-6-7-20-21(10-15)33-14-32-20/h1-2,4-7,10-12,24,27H,3,8-9,13-14H2. The van der Waals surface area contributed by atoms with Gasteiger partial charge in [0.15, 0.2) is 23.0 Å². The number of carbonyl (C=O) groups is 1. The molecule has 0 saturated heterocycles. The van der Waals surface area contributed by atoms with Crippen molar-refractivity contribution < 1.29 is 23.7 Å². The van der Waals surface area contributed by atoms with Crippen LogP contribution in [0.25, 0.3) is 0 Å². The van der Waals surface area contributed by atoms with Crippen molar-refractivity contribution in [3.63, 3.8) is 0 Å². The van der Waals surface area contributed by atoms with Crippen LogP contribution in [0.4, 0.5) is 5.69 Å².